The summed E-state index contributed by atoms with van der Waals surface area (Å²) in [6.45, 7) is 1.29. The first kappa shape index (κ1) is 16.2. The van der Waals surface area contributed by atoms with Gasteiger partial charge in [-0.05, 0) is 29.7 Å². The highest BCUT2D eigenvalue weighted by Gasteiger charge is 2.15. The fraction of sp³-hybridized carbons (Fsp3) is 0.143. The average Bonchev–Trinajstić information content (AvgIpc) is 3.37. The van der Waals surface area contributed by atoms with Gasteiger partial charge in [0.2, 0.25) is 5.91 Å². The van der Waals surface area contributed by atoms with Crippen molar-refractivity contribution < 1.29 is 4.79 Å². The van der Waals surface area contributed by atoms with Crippen LogP contribution in [0.3, 0.4) is 0 Å². The Morgan fingerprint density at radius 3 is 3.00 bits per heavy atom. The van der Waals surface area contributed by atoms with Gasteiger partial charge < -0.3 is 14.5 Å². The number of amides is 1. The summed E-state index contributed by atoms with van der Waals surface area (Å²) in [5.74, 6) is 1.05. The molecule has 0 atom stereocenters. The Morgan fingerprint density at radius 2 is 2.07 bits per heavy atom. The van der Waals surface area contributed by atoms with Gasteiger partial charge in [-0.2, -0.15) is 0 Å². The standard InChI is InChI=1S/C21H18N4OS/c26-20(14-24-9-8-15-4-1-2-7-19(15)24)22-17-6-3-5-16(12-17)18-13-25-10-11-27-21(25)23-18/h1-9,12-13H,10-11,14H2,(H,22,26). The van der Waals surface area contributed by atoms with Gasteiger partial charge in [0.15, 0.2) is 5.16 Å². The van der Waals surface area contributed by atoms with Crippen molar-refractivity contribution in [3.8, 4) is 11.3 Å². The molecule has 0 saturated carbocycles. The molecule has 1 aliphatic rings. The Bertz CT molecular complexity index is 1120. The Kier molecular flexibility index (Phi) is 3.98. The monoisotopic (exact) mass is 374 g/mol. The summed E-state index contributed by atoms with van der Waals surface area (Å²) in [6.07, 6.45) is 4.03. The lowest BCUT2D eigenvalue weighted by Crippen LogP contribution is -2.18. The highest BCUT2D eigenvalue weighted by molar-refractivity contribution is 7.99. The van der Waals surface area contributed by atoms with Crippen molar-refractivity contribution in [2.45, 2.75) is 18.2 Å². The summed E-state index contributed by atoms with van der Waals surface area (Å²) in [5, 5.41) is 5.21. The molecule has 0 saturated heterocycles. The highest BCUT2D eigenvalue weighted by Crippen LogP contribution is 2.29. The van der Waals surface area contributed by atoms with Gasteiger partial charge in [0.1, 0.15) is 6.54 Å². The van der Waals surface area contributed by atoms with E-state index in [2.05, 4.69) is 21.1 Å². The molecule has 5 nitrogen and oxygen atoms in total. The molecular formula is C21H18N4OS. The number of carbonyl (C=O) groups excluding carboxylic acids is 1. The molecule has 1 N–H and O–H groups in total. The van der Waals surface area contributed by atoms with Gasteiger partial charge in [-0.25, -0.2) is 4.98 Å². The molecule has 27 heavy (non-hydrogen) atoms. The number of anilines is 1. The third-order valence-corrected chi connectivity index (χ3v) is 5.71. The number of nitrogens with zero attached hydrogens (tertiary/aromatic N) is 3. The van der Waals surface area contributed by atoms with Crippen LogP contribution in [0.1, 0.15) is 0 Å². The van der Waals surface area contributed by atoms with Crippen LogP contribution >= 0.6 is 11.8 Å². The fourth-order valence-corrected chi connectivity index (χ4v) is 4.38. The van der Waals surface area contributed by atoms with Gasteiger partial charge in [-0.3, -0.25) is 4.79 Å². The van der Waals surface area contributed by atoms with Crippen molar-refractivity contribution in [1.82, 2.24) is 14.1 Å². The predicted octanol–water partition coefficient (Wildman–Crippen LogP) is 4.25. The number of benzene rings is 2. The molecule has 0 radical (unpaired) electrons. The summed E-state index contributed by atoms with van der Waals surface area (Å²) in [5.41, 5.74) is 3.81. The number of hydrogen-bond donors (Lipinski definition) is 1. The van der Waals surface area contributed by atoms with Gasteiger partial charge in [0, 0.05) is 41.5 Å². The van der Waals surface area contributed by atoms with E-state index in [1.807, 2.05) is 65.4 Å². The van der Waals surface area contributed by atoms with E-state index in [9.17, 15) is 4.79 Å². The Hall–Kier alpha value is -2.99. The van der Waals surface area contributed by atoms with Crippen LogP contribution in [0, 0.1) is 0 Å². The Balaban J connectivity index is 1.33. The molecule has 2 aromatic heterocycles. The Labute approximate surface area is 161 Å². The van der Waals surface area contributed by atoms with Crippen molar-refractivity contribution in [2.24, 2.45) is 0 Å². The van der Waals surface area contributed by atoms with Crippen LogP contribution in [0.2, 0.25) is 0 Å². The molecule has 1 amide bonds. The molecule has 134 valence electrons. The van der Waals surface area contributed by atoms with Crippen LogP contribution in [-0.2, 0) is 17.9 Å². The lowest BCUT2D eigenvalue weighted by Gasteiger charge is -2.08. The summed E-state index contributed by atoms with van der Waals surface area (Å²) in [4.78, 5) is 17.2. The molecule has 4 aromatic rings. The molecule has 0 spiro atoms. The van der Waals surface area contributed by atoms with Gasteiger partial charge in [-0.15, -0.1) is 0 Å². The van der Waals surface area contributed by atoms with E-state index in [0.29, 0.717) is 0 Å². The third kappa shape index (κ3) is 3.13. The average molecular weight is 374 g/mol. The molecule has 0 fully saturated rings. The summed E-state index contributed by atoms with van der Waals surface area (Å²) in [6, 6.07) is 18.0. The highest BCUT2D eigenvalue weighted by atomic mass is 32.2. The largest absolute Gasteiger partial charge is 0.338 e. The maximum atomic E-state index is 12.5. The maximum Gasteiger partial charge on any atom is 0.244 e. The second-order valence-electron chi connectivity index (χ2n) is 6.58. The minimum absolute atomic E-state index is 0.0450. The van der Waals surface area contributed by atoms with Crippen molar-refractivity contribution in [1.29, 1.82) is 0 Å². The molecular weight excluding hydrogens is 356 g/mol. The number of para-hydroxylation sites is 1. The Morgan fingerprint density at radius 1 is 1.15 bits per heavy atom. The molecule has 1 aliphatic heterocycles. The van der Waals surface area contributed by atoms with Crippen LogP contribution in [0.25, 0.3) is 22.2 Å². The first-order chi connectivity index (χ1) is 13.3. The van der Waals surface area contributed by atoms with E-state index in [4.69, 9.17) is 0 Å². The van der Waals surface area contributed by atoms with Crippen molar-refractivity contribution >= 4 is 34.3 Å². The SMILES string of the molecule is O=C(Cn1ccc2ccccc21)Nc1cccc(-c2cn3c(n2)SCC3)c1. The number of hydrogen-bond acceptors (Lipinski definition) is 3. The number of fused-ring (bicyclic) bond motifs is 2. The van der Waals surface area contributed by atoms with Gasteiger partial charge in [0.25, 0.3) is 0 Å². The van der Waals surface area contributed by atoms with Crippen LogP contribution in [0.5, 0.6) is 0 Å². The second kappa shape index (κ2) is 6.63. The maximum absolute atomic E-state index is 12.5. The number of rotatable bonds is 4. The van der Waals surface area contributed by atoms with E-state index in [0.717, 1.165) is 45.3 Å². The minimum Gasteiger partial charge on any atom is -0.338 e. The number of carbonyl (C=O) groups is 1. The second-order valence-corrected chi connectivity index (χ2v) is 7.64. The number of aryl methyl sites for hydroxylation is 1. The molecule has 2 aromatic carbocycles. The number of nitrogens with one attached hydrogen (secondary N) is 1. The summed E-state index contributed by atoms with van der Waals surface area (Å²) >= 11 is 1.78. The van der Waals surface area contributed by atoms with Crippen LogP contribution in [0.4, 0.5) is 5.69 Å². The molecule has 6 heteroatoms. The van der Waals surface area contributed by atoms with Gasteiger partial charge >= 0.3 is 0 Å². The van der Waals surface area contributed by atoms with E-state index < -0.39 is 0 Å². The van der Waals surface area contributed by atoms with Crippen molar-refractivity contribution in [2.75, 3.05) is 11.1 Å². The molecule has 0 bridgehead atoms. The minimum atomic E-state index is -0.0450. The van der Waals surface area contributed by atoms with E-state index in [-0.39, 0.29) is 12.5 Å². The zero-order chi connectivity index (χ0) is 18.2. The van der Waals surface area contributed by atoms with Crippen molar-refractivity contribution in [3.63, 3.8) is 0 Å². The predicted molar refractivity (Wildman–Crippen MR) is 109 cm³/mol. The quantitative estimate of drug-likeness (QED) is 0.581. The first-order valence-corrected chi connectivity index (χ1v) is 9.89. The van der Waals surface area contributed by atoms with Crippen LogP contribution in [0.15, 0.2) is 72.1 Å². The smallest absolute Gasteiger partial charge is 0.244 e. The molecule has 0 unspecified atom stereocenters. The number of imidazole rings is 1. The number of aromatic nitrogens is 3. The topological polar surface area (TPSA) is 51.9 Å². The molecule has 5 rings (SSSR count). The molecule has 3 heterocycles. The van der Waals surface area contributed by atoms with Gasteiger partial charge in [0.05, 0.1) is 5.69 Å². The normalized spacial score (nSPS) is 13.0. The lowest BCUT2D eigenvalue weighted by atomic mass is 10.1. The van der Waals surface area contributed by atoms with Crippen LogP contribution in [-0.4, -0.2) is 25.8 Å². The van der Waals surface area contributed by atoms with Gasteiger partial charge in [-0.1, -0.05) is 42.1 Å². The zero-order valence-corrected chi connectivity index (χ0v) is 15.4. The zero-order valence-electron chi connectivity index (χ0n) is 14.6. The lowest BCUT2D eigenvalue weighted by molar-refractivity contribution is -0.116. The first-order valence-electron chi connectivity index (χ1n) is 8.90. The van der Waals surface area contributed by atoms with Crippen molar-refractivity contribution in [3.05, 3.63) is 67.0 Å². The summed E-state index contributed by atoms with van der Waals surface area (Å²) in [7, 11) is 0. The number of thioether (sulfide) groups is 1. The summed E-state index contributed by atoms with van der Waals surface area (Å²) < 4.78 is 4.15. The van der Waals surface area contributed by atoms with E-state index in [1.165, 1.54) is 0 Å². The van der Waals surface area contributed by atoms with E-state index >= 15 is 0 Å². The molecule has 0 aliphatic carbocycles. The third-order valence-electron chi connectivity index (χ3n) is 4.74. The van der Waals surface area contributed by atoms with E-state index in [1.54, 1.807) is 11.8 Å². The van der Waals surface area contributed by atoms with Crippen LogP contribution < -0.4 is 5.32 Å². The fourth-order valence-electron chi connectivity index (χ4n) is 3.44.